The van der Waals surface area contributed by atoms with Crippen LogP contribution in [0.5, 0.6) is 11.5 Å². The van der Waals surface area contributed by atoms with Crippen LogP contribution in [-0.2, 0) is 4.79 Å². The van der Waals surface area contributed by atoms with Gasteiger partial charge >= 0.3 is 5.97 Å². The molecule has 0 radical (unpaired) electrons. The van der Waals surface area contributed by atoms with Crippen molar-refractivity contribution in [3.63, 3.8) is 0 Å². The van der Waals surface area contributed by atoms with Crippen LogP contribution in [0, 0.1) is 0 Å². The molecule has 0 bridgehead atoms. The summed E-state index contributed by atoms with van der Waals surface area (Å²) in [4.78, 5) is 10.9. The van der Waals surface area contributed by atoms with E-state index in [1.807, 2.05) is 18.2 Å². The van der Waals surface area contributed by atoms with Crippen molar-refractivity contribution < 1.29 is 19.4 Å². The topological polar surface area (TPSA) is 67.8 Å². The Balaban J connectivity index is 0.00000180. The van der Waals surface area contributed by atoms with Gasteiger partial charge in [-0.15, -0.1) is 12.4 Å². The van der Waals surface area contributed by atoms with Gasteiger partial charge in [-0.2, -0.15) is 0 Å². The molecule has 1 heterocycles. The molecule has 1 saturated heterocycles. The number of nitrogens with one attached hydrogen (secondary N) is 1. The fraction of sp³-hybridized carbons (Fsp3) is 0.462. The lowest BCUT2D eigenvalue weighted by molar-refractivity contribution is -0.139. The van der Waals surface area contributed by atoms with Crippen LogP contribution >= 0.6 is 12.4 Å². The minimum atomic E-state index is -0.794. The molecule has 0 aliphatic carbocycles. The first-order valence-corrected chi connectivity index (χ1v) is 5.86. The highest BCUT2D eigenvalue weighted by Gasteiger charge is 2.29. The summed E-state index contributed by atoms with van der Waals surface area (Å²) in [6, 6.07) is 5.27. The van der Waals surface area contributed by atoms with Gasteiger partial charge in [0.2, 0.25) is 0 Å². The van der Waals surface area contributed by atoms with E-state index in [9.17, 15) is 4.79 Å². The lowest BCUT2D eigenvalue weighted by atomic mass is 10.0. The Labute approximate surface area is 118 Å². The van der Waals surface area contributed by atoms with E-state index in [2.05, 4.69) is 5.32 Å². The minimum Gasteiger partial charge on any atom is -0.493 e. The van der Waals surface area contributed by atoms with Gasteiger partial charge in [-0.05, 0) is 30.5 Å². The van der Waals surface area contributed by atoms with E-state index in [0.717, 1.165) is 12.0 Å². The van der Waals surface area contributed by atoms with E-state index < -0.39 is 12.0 Å². The highest BCUT2D eigenvalue weighted by Crippen LogP contribution is 2.33. The molecule has 0 spiro atoms. The zero-order valence-electron chi connectivity index (χ0n) is 10.9. The van der Waals surface area contributed by atoms with Crippen molar-refractivity contribution in [1.29, 1.82) is 0 Å². The third kappa shape index (κ3) is 3.30. The summed E-state index contributed by atoms with van der Waals surface area (Å²) in [6.45, 7) is 0. The Hall–Kier alpha value is -1.46. The van der Waals surface area contributed by atoms with Gasteiger partial charge in [0.1, 0.15) is 6.04 Å². The van der Waals surface area contributed by atoms with Gasteiger partial charge in [0, 0.05) is 6.04 Å². The van der Waals surface area contributed by atoms with Crippen LogP contribution in [0.2, 0.25) is 0 Å². The van der Waals surface area contributed by atoms with Crippen LogP contribution in [0.1, 0.15) is 24.4 Å². The number of carbonyl (C=O) groups is 1. The van der Waals surface area contributed by atoms with Crippen LogP contribution in [0.15, 0.2) is 18.2 Å². The molecule has 2 rings (SSSR count). The Morgan fingerprint density at radius 3 is 2.47 bits per heavy atom. The zero-order valence-corrected chi connectivity index (χ0v) is 11.7. The molecule has 6 heteroatoms. The summed E-state index contributed by atoms with van der Waals surface area (Å²) in [5.74, 6) is 0.544. The predicted molar refractivity (Wildman–Crippen MR) is 73.3 cm³/mol. The molecule has 2 N–H and O–H groups in total. The van der Waals surface area contributed by atoms with Crippen molar-refractivity contribution in [2.75, 3.05) is 14.2 Å². The van der Waals surface area contributed by atoms with Crippen molar-refractivity contribution in [2.24, 2.45) is 0 Å². The summed E-state index contributed by atoms with van der Waals surface area (Å²) in [5, 5.41) is 12.1. The van der Waals surface area contributed by atoms with Gasteiger partial charge in [-0.1, -0.05) is 6.07 Å². The van der Waals surface area contributed by atoms with Crippen LogP contribution in [0.25, 0.3) is 0 Å². The molecule has 1 aliphatic rings. The number of ether oxygens (including phenoxy) is 2. The molecular formula is C13H18ClNO4. The lowest BCUT2D eigenvalue weighted by Gasteiger charge is -2.15. The second kappa shape index (κ2) is 6.63. The Morgan fingerprint density at radius 1 is 1.26 bits per heavy atom. The van der Waals surface area contributed by atoms with Crippen molar-refractivity contribution >= 4 is 18.4 Å². The van der Waals surface area contributed by atoms with Crippen molar-refractivity contribution in [3.05, 3.63) is 23.8 Å². The highest BCUT2D eigenvalue weighted by atomic mass is 35.5. The molecule has 0 saturated carbocycles. The zero-order chi connectivity index (χ0) is 13.1. The molecule has 0 aromatic heterocycles. The molecule has 1 fully saturated rings. The number of benzene rings is 1. The Kier molecular flexibility index (Phi) is 5.44. The summed E-state index contributed by atoms with van der Waals surface area (Å²) < 4.78 is 10.4. The molecule has 106 valence electrons. The van der Waals surface area contributed by atoms with Crippen LogP contribution < -0.4 is 14.8 Å². The maximum absolute atomic E-state index is 10.9. The first kappa shape index (κ1) is 15.6. The van der Waals surface area contributed by atoms with Gasteiger partial charge in [-0.3, -0.25) is 10.1 Å². The van der Waals surface area contributed by atoms with Gasteiger partial charge < -0.3 is 14.6 Å². The van der Waals surface area contributed by atoms with Gasteiger partial charge in [0.15, 0.2) is 11.5 Å². The quantitative estimate of drug-likeness (QED) is 0.886. The third-order valence-electron chi connectivity index (χ3n) is 3.25. The number of carboxylic acids is 1. The Morgan fingerprint density at radius 2 is 1.95 bits per heavy atom. The maximum Gasteiger partial charge on any atom is 0.320 e. The average molecular weight is 288 g/mol. The molecule has 0 amide bonds. The minimum absolute atomic E-state index is 0. The van der Waals surface area contributed by atoms with E-state index >= 15 is 0 Å². The lowest BCUT2D eigenvalue weighted by Crippen LogP contribution is -2.31. The first-order valence-electron chi connectivity index (χ1n) is 5.86. The van der Waals surface area contributed by atoms with Gasteiger partial charge in [0.05, 0.1) is 14.2 Å². The fourth-order valence-electron chi connectivity index (χ4n) is 2.27. The largest absolute Gasteiger partial charge is 0.493 e. The van der Waals surface area contributed by atoms with Crippen molar-refractivity contribution in [1.82, 2.24) is 5.32 Å². The first-order chi connectivity index (χ1) is 8.65. The molecule has 5 nitrogen and oxygen atoms in total. The van der Waals surface area contributed by atoms with Crippen LogP contribution in [-0.4, -0.2) is 31.3 Å². The molecule has 1 aliphatic heterocycles. The van der Waals surface area contributed by atoms with Gasteiger partial charge in [0.25, 0.3) is 0 Å². The highest BCUT2D eigenvalue weighted by molar-refractivity contribution is 5.85. The average Bonchev–Trinajstić information content (AvgIpc) is 2.87. The number of hydrogen-bond donors (Lipinski definition) is 2. The molecule has 1 aromatic carbocycles. The smallest absolute Gasteiger partial charge is 0.320 e. The van der Waals surface area contributed by atoms with Crippen molar-refractivity contribution in [2.45, 2.75) is 24.9 Å². The Bertz CT molecular complexity index is 452. The second-order valence-electron chi connectivity index (χ2n) is 4.30. The summed E-state index contributed by atoms with van der Waals surface area (Å²) in [7, 11) is 3.18. The summed E-state index contributed by atoms with van der Waals surface area (Å²) >= 11 is 0. The van der Waals surface area contributed by atoms with E-state index in [4.69, 9.17) is 14.6 Å². The number of methoxy groups -OCH3 is 2. The number of halogens is 1. The van der Waals surface area contributed by atoms with Crippen LogP contribution in [0.3, 0.4) is 0 Å². The van der Waals surface area contributed by atoms with Gasteiger partial charge in [-0.25, -0.2) is 0 Å². The summed E-state index contributed by atoms with van der Waals surface area (Å²) in [5.41, 5.74) is 1.02. The van der Waals surface area contributed by atoms with E-state index in [-0.39, 0.29) is 18.4 Å². The maximum atomic E-state index is 10.9. The number of carboxylic acid groups (broad SMARTS) is 1. The number of hydrogen-bond acceptors (Lipinski definition) is 4. The monoisotopic (exact) mass is 287 g/mol. The fourth-order valence-corrected chi connectivity index (χ4v) is 2.27. The second-order valence-corrected chi connectivity index (χ2v) is 4.30. The predicted octanol–water partition coefficient (Wildman–Crippen LogP) is 2.00. The SMILES string of the molecule is COc1ccc([C@H]2CC[C@@H](C(=O)O)N2)cc1OC.Cl. The van der Waals surface area contributed by atoms with E-state index in [1.165, 1.54) is 0 Å². The third-order valence-corrected chi connectivity index (χ3v) is 3.25. The summed E-state index contributed by atoms with van der Waals surface area (Å²) in [6.07, 6.45) is 1.46. The standard InChI is InChI=1S/C13H17NO4.ClH/c1-17-11-6-3-8(7-12(11)18-2)9-4-5-10(14-9)13(15)16;/h3,6-7,9-10,14H,4-5H2,1-2H3,(H,15,16);1H/t9-,10+;/m1./s1. The number of rotatable bonds is 4. The molecular weight excluding hydrogens is 270 g/mol. The molecule has 1 aromatic rings. The molecule has 0 unspecified atom stereocenters. The van der Waals surface area contributed by atoms with E-state index in [0.29, 0.717) is 17.9 Å². The normalized spacial score (nSPS) is 21.6. The molecule has 19 heavy (non-hydrogen) atoms. The number of aliphatic carboxylic acids is 1. The molecule has 2 atom stereocenters. The van der Waals surface area contributed by atoms with Crippen molar-refractivity contribution in [3.8, 4) is 11.5 Å². The van der Waals surface area contributed by atoms with E-state index in [1.54, 1.807) is 14.2 Å². The van der Waals surface area contributed by atoms with Crippen LogP contribution in [0.4, 0.5) is 0 Å².